The van der Waals surface area contributed by atoms with Crippen molar-refractivity contribution in [2.45, 2.75) is 25.9 Å². The molecule has 2 heterocycles. The summed E-state index contributed by atoms with van der Waals surface area (Å²) in [5.41, 5.74) is 0. The summed E-state index contributed by atoms with van der Waals surface area (Å²) in [5, 5.41) is 4.63. The minimum Gasteiger partial charge on any atom is -0.345 e. The van der Waals surface area contributed by atoms with Crippen LogP contribution in [0.5, 0.6) is 0 Å². The van der Waals surface area contributed by atoms with Gasteiger partial charge in [0.15, 0.2) is 5.13 Å². The third-order valence-corrected chi connectivity index (χ3v) is 3.83. The quantitative estimate of drug-likeness (QED) is 0.851. The summed E-state index contributed by atoms with van der Waals surface area (Å²) < 4.78 is 1.10. The standard InChI is InChI=1S/C9H14BrN3S/c1-6-4-13(5-7(2)12-6)9-11-3-8(10)14-9/h3,6-7,12H,4-5H2,1-2H3. The van der Waals surface area contributed by atoms with E-state index in [2.05, 4.69) is 45.0 Å². The van der Waals surface area contributed by atoms with Gasteiger partial charge in [-0.1, -0.05) is 11.3 Å². The van der Waals surface area contributed by atoms with Crippen LogP contribution in [0.2, 0.25) is 0 Å². The van der Waals surface area contributed by atoms with Crippen molar-refractivity contribution in [2.24, 2.45) is 0 Å². The molecular formula is C9H14BrN3S. The fourth-order valence-corrected chi connectivity index (χ4v) is 3.08. The van der Waals surface area contributed by atoms with Gasteiger partial charge in [-0.3, -0.25) is 0 Å². The van der Waals surface area contributed by atoms with E-state index in [4.69, 9.17) is 0 Å². The molecule has 3 nitrogen and oxygen atoms in total. The van der Waals surface area contributed by atoms with Crippen LogP contribution >= 0.6 is 27.3 Å². The Kier molecular flexibility index (Phi) is 3.09. The molecule has 1 aromatic heterocycles. The third-order valence-electron chi connectivity index (χ3n) is 2.29. The van der Waals surface area contributed by atoms with E-state index < -0.39 is 0 Å². The molecule has 1 fully saturated rings. The molecule has 1 saturated heterocycles. The summed E-state index contributed by atoms with van der Waals surface area (Å²) in [4.78, 5) is 6.73. The number of nitrogens with zero attached hydrogens (tertiary/aromatic N) is 2. The van der Waals surface area contributed by atoms with E-state index in [1.54, 1.807) is 11.3 Å². The summed E-state index contributed by atoms with van der Waals surface area (Å²) in [5.74, 6) is 0. The number of rotatable bonds is 1. The van der Waals surface area contributed by atoms with Gasteiger partial charge in [-0.15, -0.1) is 0 Å². The number of thiazole rings is 1. The Morgan fingerprint density at radius 3 is 2.64 bits per heavy atom. The Hall–Kier alpha value is -0.130. The van der Waals surface area contributed by atoms with Crippen LogP contribution in [0.15, 0.2) is 9.98 Å². The summed E-state index contributed by atoms with van der Waals surface area (Å²) in [6, 6.07) is 1.09. The lowest BCUT2D eigenvalue weighted by atomic mass is 10.2. The van der Waals surface area contributed by atoms with Crippen molar-refractivity contribution in [3.63, 3.8) is 0 Å². The van der Waals surface area contributed by atoms with Crippen molar-refractivity contribution in [1.82, 2.24) is 10.3 Å². The van der Waals surface area contributed by atoms with Gasteiger partial charge in [0.2, 0.25) is 0 Å². The zero-order valence-electron chi connectivity index (χ0n) is 8.33. The minimum absolute atomic E-state index is 0.543. The highest BCUT2D eigenvalue weighted by Gasteiger charge is 2.22. The van der Waals surface area contributed by atoms with Crippen molar-refractivity contribution in [3.05, 3.63) is 9.98 Å². The molecule has 78 valence electrons. The molecule has 1 aliphatic rings. The number of nitrogens with one attached hydrogen (secondary N) is 1. The molecule has 0 saturated carbocycles. The van der Waals surface area contributed by atoms with Crippen molar-refractivity contribution in [3.8, 4) is 0 Å². The highest BCUT2D eigenvalue weighted by atomic mass is 79.9. The smallest absolute Gasteiger partial charge is 0.186 e. The summed E-state index contributed by atoms with van der Waals surface area (Å²) in [7, 11) is 0. The van der Waals surface area contributed by atoms with E-state index in [9.17, 15) is 0 Å². The first kappa shape index (κ1) is 10.4. The summed E-state index contributed by atoms with van der Waals surface area (Å²) >= 11 is 5.14. The molecule has 5 heteroatoms. The van der Waals surface area contributed by atoms with Crippen LogP contribution in [0, 0.1) is 0 Å². The summed E-state index contributed by atoms with van der Waals surface area (Å²) in [6.45, 7) is 6.52. The molecule has 14 heavy (non-hydrogen) atoms. The third kappa shape index (κ3) is 2.27. The Labute approximate surface area is 96.7 Å². The Bertz CT molecular complexity index is 305. The number of anilines is 1. The minimum atomic E-state index is 0.543. The predicted molar refractivity (Wildman–Crippen MR) is 64.1 cm³/mol. The lowest BCUT2D eigenvalue weighted by Gasteiger charge is -2.35. The molecule has 0 aromatic carbocycles. The molecule has 2 unspecified atom stereocenters. The number of aromatic nitrogens is 1. The monoisotopic (exact) mass is 275 g/mol. The van der Waals surface area contributed by atoms with Crippen LogP contribution < -0.4 is 10.2 Å². The maximum atomic E-state index is 4.38. The number of piperazine rings is 1. The molecule has 0 radical (unpaired) electrons. The van der Waals surface area contributed by atoms with E-state index >= 15 is 0 Å². The number of halogens is 1. The van der Waals surface area contributed by atoms with Crippen LogP contribution in [0.1, 0.15) is 13.8 Å². The molecule has 0 bridgehead atoms. The zero-order valence-corrected chi connectivity index (χ0v) is 10.7. The number of hydrogen-bond acceptors (Lipinski definition) is 4. The van der Waals surface area contributed by atoms with Gasteiger partial charge in [-0.05, 0) is 29.8 Å². The van der Waals surface area contributed by atoms with Crippen LogP contribution in [0.3, 0.4) is 0 Å². The van der Waals surface area contributed by atoms with E-state index in [-0.39, 0.29) is 0 Å². The fraction of sp³-hybridized carbons (Fsp3) is 0.667. The van der Waals surface area contributed by atoms with Crippen molar-refractivity contribution in [2.75, 3.05) is 18.0 Å². The predicted octanol–water partition coefficient (Wildman–Crippen LogP) is 2.09. The van der Waals surface area contributed by atoms with Gasteiger partial charge in [-0.2, -0.15) is 0 Å². The van der Waals surface area contributed by atoms with Crippen LogP contribution in [-0.2, 0) is 0 Å². The van der Waals surface area contributed by atoms with E-state index in [1.165, 1.54) is 0 Å². The molecule has 1 aliphatic heterocycles. The van der Waals surface area contributed by atoms with E-state index in [0.717, 1.165) is 22.0 Å². The van der Waals surface area contributed by atoms with Crippen molar-refractivity contribution >= 4 is 32.4 Å². The molecule has 1 aromatic rings. The van der Waals surface area contributed by atoms with E-state index in [1.807, 2.05) is 6.20 Å². The second-order valence-corrected chi connectivity index (χ2v) is 6.21. The molecule has 0 amide bonds. The largest absolute Gasteiger partial charge is 0.345 e. The van der Waals surface area contributed by atoms with Crippen molar-refractivity contribution < 1.29 is 0 Å². The first-order valence-corrected chi connectivity index (χ1v) is 6.38. The molecule has 1 N–H and O–H groups in total. The Morgan fingerprint density at radius 2 is 2.14 bits per heavy atom. The average Bonchev–Trinajstić information content (AvgIpc) is 2.50. The molecule has 2 rings (SSSR count). The maximum absolute atomic E-state index is 4.38. The number of hydrogen-bond donors (Lipinski definition) is 1. The van der Waals surface area contributed by atoms with Crippen LogP contribution in [0.25, 0.3) is 0 Å². The van der Waals surface area contributed by atoms with Gasteiger partial charge >= 0.3 is 0 Å². The summed E-state index contributed by atoms with van der Waals surface area (Å²) in [6.07, 6.45) is 1.87. The lowest BCUT2D eigenvalue weighted by molar-refractivity contribution is 0.406. The average molecular weight is 276 g/mol. The molecule has 0 aliphatic carbocycles. The zero-order chi connectivity index (χ0) is 10.1. The molecule has 0 spiro atoms. The highest BCUT2D eigenvalue weighted by Crippen LogP contribution is 2.27. The first-order chi connectivity index (χ1) is 6.65. The van der Waals surface area contributed by atoms with Crippen LogP contribution in [-0.4, -0.2) is 30.2 Å². The second kappa shape index (κ2) is 4.16. The normalized spacial score (nSPS) is 28.1. The second-order valence-electron chi connectivity index (χ2n) is 3.82. The van der Waals surface area contributed by atoms with Gasteiger partial charge in [0.05, 0.1) is 9.98 Å². The van der Waals surface area contributed by atoms with Gasteiger partial charge in [0, 0.05) is 25.2 Å². The molecule has 2 atom stereocenters. The van der Waals surface area contributed by atoms with Crippen molar-refractivity contribution in [1.29, 1.82) is 0 Å². The van der Waals surface area contributed by atoms with Gasteiger partial charge in [-0.25, -0.2) is 4.98 Å². The molecular weight excluding hydrogens is 262 g/mol. The van der Waals surface area contributed by atoms with E-state index in [0.29, 0.717) is 12.1 Å². The Morgan fingerprint density at radius 1 is 1.50 bits per heavy atom. The first-order valence-electron chi connectivity index (χ1n) is 4.77. The van der Waals surface area contributed by atoms with Crippen LogP contribution in [0.4, 0.5) is 5.13 Å². The lowest BCUT2D eigenvalue weighted by Crippen LogP contribution is -2.54. The maximum Gasteiger partial charge on any atom is 0.186 e. The fourth-order valence-electron chi connectivity index (χ4n) is 1.88. The van der Waals surface area contributed by atoms with Gasteiger partial charge in [0.25, 0.3) is 0 Å². The van der Waals surface area contributed by atoms with Gasteiger partial charge < -0.3 is 10.2 Å². The topological polar surface area (TPSA) is 28.2 Å². The highest BCUT2D eigenvalue weighted by molar-refractivity contribution is 9.11. The SMILES string of the molecule is CC1CN(c2ncc(Br)s2)CC(C)N1. The van der Waals surface area contributed by atoms with Gasteiger partial charge in [0.1, 0.15) is 0 Å². The Balaban J connectivity index is 2.10.